The molecule has 0 fully saturated rings. The molecule has 4 atom stereocenters. The van der Waals surface area contributed by atoms with Crippen molar-refractivity contribution in [3.05, 3.63) is 6.92 Å². The van der Waals surface area contributed by atoms with Crippen LogP contribution in [0.15, 0.2) is 0 Å². The Balaban J connectivity index is 3.51. The van der Waals surface area contributed by atoms with Crippen molar-refractivity contribution in [2.24, 2.45) is 0 Å². The summed E-state index contributed by atoms with van der Waals surface area (Å²) in [6.45, 7) is 13.3. The quantitative estimate of drug-likeness (QED) is 0.592. The fourth-order valence-corrected chi connectivity index (χ4v) is 1.06. The van der Waals surface area contributed by atoms with Crippen LogP contribution in [0.4, 0.5) is 0 Å². The molecule has 17 heavy (non-hydrogen) atoms. The highest BCUT2D eigenvalue weighted by Gasteiger charge is 2.09. The van der Waals surface area contributed by atoms with Gasteiger partial charge in [-0.1, -0.05) is 0 Å². The summed E-state index contributed by atoms with van der Waals surface area (Å²) in [6.07, 6.45) is 0.236. The fourth-order valence-electron chi connectivity index (χ4n) is 1.06. The molecule has 0 bridgehead atoms. The van der Waals surface area contributed by atoms with Crippen LogP contribution in [0, 0.1) is 6.92 Å². The molecule has 0 aliphatic heterocycles. The van der Waals surface area contributed by atoms with E-state index >= 15 is 0 Å². The molecule has 0 aliphatic rings. The molecule has 0 spiro atoms. The molecule has 4 unspecified atom stereocenters. The first-order valence-corrected chi connectivity index (χ1v) is 6.16. The molecular formula is C13H27O4. The maximum Gasteiger partial charge on any atom is 0.0781 e. The Morgan fingerprint density at radius 1 is 0.765 bits per heavy atom. The van der Waals surface area contributed by atoms with Crippen molar-refractivity contribution in [3.63, 3.8) is 0 Å². The third-order valence-electron chi connectivity index (χ3n) is 2.25. The average molecular weight is 247 g/mol. The number of hydrogen-bond donors (Lipinski definition) is 0. The Labute approximate surface area is 106 Å². The summed E-state index contributed by atoms with van der Waals surface area (Å²) in [7, 11) is 1.68. The van der Waals surface area contributed by atoms with Gasteiger partial charge in [0.05, 0.1) is 44.2 Å². The second kappa shape index (κ2) is 9.83. The lowest BCUT2D eigenvalue weighted by atomic mass is 10.4. The lowest BCUT2D eigenvalue weighted by Gasteiger charge is -2.19. The van der Waals surface area contributed by atoms with Crippen LogP contribution >= 0.6 is 0 Å². The minimum Gasteiger partial charge on any atom is -0.379 e. The summed E-state index contributed by atoms with van der Waals surface area (Å²) in [5.74, 6) is 0. The first-order chi connectivity index (χ1) is 7.95. The van der Waals surface area contributed by atoms with Gasteiger partial charge in [-0.15, -0.1) is 0 Å². The highest BCUT2D eigenvalue weighted by molar-refractivity contribution is 4.56. The predicted molar refractivity (Wildman–Crippen MR) is 68.1 cm³/mol. The maximum atomic E-state index is 5.60. The zero-order valence-electron chi connectivity index (χ0n) is 11.8. The van der Waals surface area contributed by atoms with Gasteiger partial charge >= 0.3 is 0 Å². The number of ether oxygens (including phenoxy) is 4. The van der Waals surface area contributed by atoms with Gasteiger partial charge in [0.25, 0.3) is 0 Å². The van der Waals surface area contributed by atoms with Crippen LogP contribution in [0.1, 0.15) is 27.7 Å². The number of methoxy groups -OCH3 is 1. The Kier molecular flexibility index (Phi) is 9.74. The fraction of sp³-hybridized carbons (Fsp3) is 0.923. The first-order valence-electron chi connectivity index (χ1n) is 6.16. The summed E-state index contributed by atoms with van der Waals surface area (Å²) < 4.78 is 21.6. The standard InChI is InChI=1S/C13H27O4/c1-10(2)15-8-12(4)17-9-13(5)16-7-11(3)14-6/h10-13H,1,7-9H2,2-6H3. The molecule has 0 aromatic heterocycles. The highest BCUT2D eigenvalue weighted by atomic mass is 16.6. The van der Waals surface area contributed by atoms with Gasteiger partial charge in [0, 0.05) is 7.11 Å². The highest BCUT2D eigenvalue weighted by Crippen LogP contribution is 2.00. The minimum absolute atomic E-state index is 0.00252. The summed E-state index contributed by atoms with van der Waals surface area (Å²) in [6, 6.07) is 0. The van der Waals surface area contributed by atoms with Crippen molar-refractivity contribution in [2.45, 2.75) is 52.1 Å². The third kappa shape index (κ3) is 10.7. The van der Waals surface area contributed by atoms with Crippen LogP contribution in [0.3, 0.4) is 0 Å². The topological polar surface area (TPSA) is 36.9 Å². The zero-order valence-corrected chi connectivity index (χ0v) is 11.8. The lowest BCUT2D eigenvalue weighted by Crippen LogP contribution is -2.26. The van der Waals surface area contributed by atoms with Gasteiger partial charge in [-0.25, -0.2) is 0 Å². The van der Waals surface area contributed by atoms with E-state index < -0.39 is 0 Å². The van der Waals surface area contributed by atoms with Gasteiger partial charge < -0.3 is 18.9 Å². The van der Waals surface area contributed by atoms with Crippen LogP contribution in [0.2, 0.25) is 0 Å². The van der Waals surface area contributed by atoms with Crippen LogP contribution < -0.4 is 0 Å². The van der Waals surface area contributed by atoms with E-state index in [1.165, 1.54) is 0 Å². The van der Waals surface area contributed by atoms with E-state index in [4.69, 9.17) is 18.9 Å². The van der Waals surface area contributed by atoms with Crippen molar-refractivity contribution >= 4 is 0 Å². The van der Waals surface area contributed by atoms with Crippen molar-refractivity contribution in [1.29, 1.82) is 0 Å². The molecule has 1 radical (unpaired) electrons. The number of hydrogen-bond acceptors (Lipinski definition) is 4. The maximum absolute atomic E-state index is 5.60. The lowest BCUT2D eigenvalue weighted by molar-refractivity contribution is -0.0781. The molecule has 0 heterocycles. The molecule has 0 rings (SSSR count). The van der Waals surface area contributed by atoms with E-state index in [0.29, 0.717) is 19.8 Å². The zero-order chi connectivity index (χ0) is 13.3. The normalized spacial score (nSPS) is 17.1. The molecule has 0 saturated carbocycles. The molecule has 4 nitrogen and oxygen atoms in total. The number of rotatable bonds is 10. The summed E-state index contributed by atoms with van der Waals surface area (Å²) in [5.41, 5.74) is 0. The van der Waals surface area contributed by atoms with Gasteiger partial charge in [0.1, 0.15) is 0 Å². The molecule has 0 N–H and O–H groups in total. The first kappa shape index (κ1) is 16.8. The van der Waals surface area contributed by atoms with E-state index in [1.54, 1.807) is 7.11 Å². The van der Waals surface area contributed by atoms with Crippen molar-refractivity contribution < 1.29 is 18.9 Å². The molecule has 0 saturated heterocycles. The summed E-state index contributed by atoms with van der Waals surface area (Å²) in [4.78, 5) is 0. The monoisotopic (exact) mass is 247 g/mol. The summed E-state index contributed by atoms with van der Waals surface area (Å²) >= 11 is 0. The smallest absolute Gasteiger partial charge is 0.0781 e. The van der Waals surface area contributed by atoms with Crippen molar-refractivity contribution in [1.82, 2.24) is 0 Å². The Hall–Kier alpha value is -0.160. The van der Waals surface area contributed by atoms with Crippen LogP contribution in [0.25, 0.3) is 0 Å². The van der Waals surface area contributed by atoms with E-state index in [0.717, 1.165) is 0 Å². The molecule has 0 aliphatic carbocycles. The molecule has 0 aromatic rings. The predicted octanol–water partition coefficient (Wildman–Crippen LogP) is 2.07. The van der Waals surface area contributed by atoms with Gasteiger partial charge in [-0.3, -0.25) is 0 Å². The second-order valence-corrected chi connectivity index (χ2v) is 4.48. The Bertz CT molecular complexity index is 173. The van der Waals surface area contributed by atoms with Crippen molar-refractivity contribution in [3.8, 4) is 0 Å². The average Bonchev–Trinajstić information content (AvgIpc) is 2.30. The van der Waals surface area contributed by atoms with Crippen molar-refractivity contribution in [2.75, 3.05) is 26.9 Å². The minimum atomic E-state index is -0.00252. The van der Waals surface area contributed by atoms with Crippen LogP contribution in [-0.2, 0) is 18.9 Å². The second-order valence-electron chi connectivity index (χ2n) is 4.48. The molecule has 103 valence electrons. The molecule has 4 heteroatoms. The van der Waals surface area contributed by atoms with E-state index in [-0.39, 0.29) is 24.4 Å². The largest absolute Gasteiger partial charge is 0.379 e. The SMILES string of the molecule is [CH2]C(C)OCC(C)OCC(C)OCC(C)OC. The molecule has 0 aromatic carbocycles. The molecule has 0 amide bonds. The summed E-state index contributed by atoms with van der Waals surface area (Å²) in [5, 5.41) is 0. The van der Waals surface area contributed by atoms with Crippen LogP contribution in [0.5, 0.6) is 0 Å². The van der Waals surface area contributed by atoms with Gasteiger partial charge in [-0.2, -0.15) is 0 Å². The van der Waals surface area contributed by atoms with Gasteiger partial charge in [0.15, 0.2) is 0 Å². The van der Waals surface area contributed by atoms with E-state index in [1.807, 2.05) is 27.7 Å². The Morgan fingerprint density at radius 3 is 1.59 bits per heavy atom. The third-order valence-corrected chi connectivity index (χ3v) is 2.25. The van der Waals surface area contributed by atoms with E-state index in [2.05, 4.69) is 6.92 Å². The Morgan fingerprint density at radius 2 is 1.18 bits per heavy atom. The van der Waals surface area contributed by atoms with Crippen LogP contribution in [-0.4, -0.2) is 51.3 Å². The van der Waals surface area contributed by atoms with Gasteiger partial charge in [0.2, 0.25) is 0 Å². The van der Waals surface area contributed by atoms with E-state index in [9.17, 15) is 0 Å². The van der Waals surface area contributed by atoms with Gasteiger partial charge in [-0.05, 0) is 34.6 Å². The molecular weight excluding hydrogens is 220 g/mol.